The molecule has 0 spiro atoms. The van der Waals surface area contributed by atoms with E-state index < -0.39 is 64.1 Å². The van der Waals surface area contributed by atoms with Crippen molar-refractivity contribution < 1.29 is 44.7 Å². The fraction of sp³-hybridized carbons (Fsp3) is 0.200. The quantitative estimate of drug-likeness (QED) is 0.203. The molecule has 13 heteroatoms. The van der Waals surface area contributed by atoms with Crippen molar-refractivity contribution in [3.05, 3.63) is 136 Å². The number of carbonyl (C=O) groups is 1. The van der Waals surface area contributed by atoms with Gasteiger partial charge in [0.1, 0.15) is 17.2 Å². The number of benzene rings is 3. The Balaban J connectivity index is 2.08. The van der Waals surface area contributed by atoms with Crippen LogP contribution < -0.4 is 5.32 Å². The number of amides is 1. The van der Waals surface area contributed by atoms with Gasteiger partial charge in [-0.25, -0.2) is 8.78 Å². The summed E-state index contributed by atoms with van der Waals surface area (Å²) in [5.74, 6) is -4.22. The van der Waals surface area contributed by atoms with Gasteiger partial charge in [0, 0.05) is 25.3 Å². The Morgan fingerprint density at radius 2 is 1.47 bits per heavy atom. The van der Waals surface area contributed by atoms with Crippen molar-refractivity contribution in [1.82, 2.24) is 10.3 Å². The van der Waals surface area contributed by atoms with Crippen molar-refractivity contribution in [1.29, 1.82) is 0 Å². The summed E-state index contributed by atoms with van der Waals surface area (Å²) in [5, 5.41) is 2.19. The Hall–Kier alpha value is -4.03. The fourth-order valence-corrected chi connectivity index (χ4v) is 4.89. The molecule has 1 N–H and O–H groups in total. The number of nitrogens with one attached hydrogen (secondary N) is 1. The molecule has 1 aromatic heterocycles. The molecule has 4 nitrogen and oxygen atoms in total. The highest BCUT2D eigenvalue weighted by atomic mass is 35.5. The number of pyridine rings is 1. The smallest absolute Gasteiger partial charge is 0.356 e. The number of rotatable bonds is 8. The standard InChI is InChI=1S/C30H21ClF8N2O2/c1-43-28(30(37,38)39,19-8-3-2-4-9-19)26(42)41-27(25-12-11-22(31)17-40-25,16-18-7-5-6-10-24(18)33)20-13-21(29(34,35)36)15-23(32)14-20/h2-15,17H,16H2,1H3,(H,41,42)/t27-,28+/m1/s1. The van der Waals surface area contributed by atoms with Gasteiger partial charge in [0.15, 0.2) is 0 Å². The zero-order valence-electron chi connectivity index (χ0n) is 22.0. The van der Waals surface area contributed by atoms with E-state index in [9.17, 15) is 35.5 Å². The van der Waals surface area contributed by atoms with Crippen LogP contribution in [0.25, 0.3) is 0 Å². The van der Waals surface area contributed by atoms with E-state index in [1.54, 1.807) is 0 Å². The average Bonchev–Trinajstić information content (AvgIpc) is 2.94. The molecule has 0 saturated heterocycles. The van der Waals surface area contributed by atoms with Gasteiger partial charge >= 0.3 is 12.4 Å². The number of ether oxygens (including phenoxy) is 1. The molecular weight excluding hydrogens is 608 g/mol. The minimum absolute atomic E-state index is 0.0240. The summed E-state index contributed by atoms with van der Waals surface area (Å²) in [6.07, 6.45) is -10.3. The molecule has 3 aromatic carbocycles. The van der Waals surface area contributed by atoms with Crippen molar-refractivity contribution in [2.24, 2.45) is 0 Å². The summed E-state index contributed by atoms with van der Waals surface area (Å²) < 4.78 is 121. The summed E-state index contributed by atoms with van der Waals surface area (Å²) >= 11 is 5.96. The van der Waals surface area contributed by atoms with Crippen LogP contribution in [-0.4, -0.2) is 24.2 Å². The monoisotopic (exact) mass is 628 g/mol. The first-order chi connectivity index (χ1) is 20.1. The van der Waals surface area contributed by atoms with E-state index in [1.165, 1.54) is 42.5 Å². The maximum atomic E-state index is 15.0. The lowest BCUT2D eigenvalue weighted by molar-refractivity contribution is -0.266. The summed E-state index contributed by atoms with van der Waals surface area (Å²) in [7, 11) is 0.628. The molecule has 43 heavy (non-hydrogen) atoms. The van der Waals surface area contributed by atoms with Crippen LogP contribution >= 0.6 is 11.6 Å². The average molecular weight is 629 g/mol. The maximum absolute atomic E-state index is 15.0. The van der Waals surface area contributed by atoms with E-state index in [2.05, 4.69) is 10.3 Å². The van der Waals surface area contributed by atoms with Gasteiger partial charge in [-0.15, -0.1) is 0 Å². The van der Waals surface area contributed by atoms with Crippen LogP contribution in [0.5, 0.6) is 0 Å². The summed E-state index contributed by atoms with van der Waals surface area (Å²) in [6, 6.07) is 14.2. The predicted molar refractivity (Wildman–Crippen MR) is 141 cm³/mol. The number of carbonyl (C=O) groups excluding carboxylic acids is 1. The lowest BCUT2D eigenvalue weighted by Gasteiger charge is -2.40. The molecule has 226 valence electrons. The molecule has 0 aliphatic rings. The van der Waals surface area contributed by atoms with Gasteiger partial charge in [-0.05, 0) is 47.5 Å². The van der Waals surface area contributed by atoms with Crippen molar-refractivity contribution in [2.45, 2.75) is 29.9 Å². The number of methoxy groups -OCH3 is 1. The van der Waals surface area contributed by atoms with Gasteiger partial charge in [-0.1, -0.05) is 60.1 Å². The first-order valence-electron chi connectivity index (χ1n) is 12.4. The van der Waals surface area contributed by atoms with Gasteiger partial charge in [0.2, 0.25) is 0 Å². The molecule has 4 rings (SSSR count). The zero-order chi connectivity index (χ0) is 31.6. The topological polar surface area (TPSA) is 51.2 Å². The van der Waals surface area contributed by atoms with Crippen LogP contribution in [0.3, 0.4) is 0 Å². The molecule has 1 heterocycles. The number of aromatic nitrogens is 1. The SMILES string of the molecule is CO[C@](C(=O)N[C@](Cc1ccccc1F)(c1cc(F)cc(C(F)(F)F)c1)c1ccc(Cl)cn1)(c1ccccc1)C(F)(F)F. The minimum Gasteiger partial charge on any atom is -0.356 e. The molecule has 0 bridgehead atoms. The van der Waals surface area contributed by atoms with E-state index in [4.69, 9.17) is 16.3 Å². The van der Waals surface area contributed by atoms with E-state index in [1.807, 2.05) is 0 Å². The predicted octanol–water partition coefficient (Wildman–Crippen LogP) is 7.74. The van der Waals surface area contributed by atoms with Crippen molar-refractivity contribution in [2.75, 3.05) is 7.11 Å². The Kier molecular flexibility index (Phi) is 8.85. The Bertz CT molecular complexity index is 1600. The second kappa shape index (κ2) is 11.9. The highest BCUT2D eigenvalue weighted by Crippen LogP contribution is 2.45. The third-order valence-corrected chi connectivity index (χ3v) is 7.05. The first kappa shape index (κ1) is 31.9. The van der Waals surface area contributed by atoms with Crippen LogP contribution in [0.2, 0.25) is 5.02 Å². The third kappa shape index (κ3) is 6.21. The summed E-state index contributed by atoms with van der Waals surface area (Å²) in [6.45, 7) is 0. The molecule has 0 aliphatic carbocycles. The molecule has 0 aliphatic heterocycles. The normalized spacial score (nSPS) is 14.9. The third-order valence-electron chi connectivity index (χ3n) is 6.83. The van der Waals surface area contributed by atoms with Crippen LogP contribution in [0, 0.1) is 11.6 Å². The molecule has 0 fully saturated rings. The summed E-state index contributed by atoms with van der Waals surface area (Å²) in [5.41, 5.74) is -9.70. The number of hydrogen-bond donors (Lipinski definition) is 1. The highest BCUT2D eigenvalue weighted by Gasteiger charge is 2.64. The number of alkyl halides is 6. The van der Waals surface area contributed by atoms with Crippen LogP contribution in [0.1, 0.15) is 27.9 Å². The van der Waals surface area contributed by atoms with Crippen molar-refractivity contribution in [3.63, 3.8) is 0 Å². The van der Waals surface area contributed by atoms with Crippen LogP contribution in [0.4, 0.5) is 35.1 Å². The van der Waals surface area contributed by atoms with E-state index in [0.29, 0.717) is 19.2 Å². The second-order valence-corrected chi connectivity index (χ2v) is 9.90. The van der Waals surface area contributed by atoms with Gasteiger partial charge in [-0.3, -0.25) is 9.78 Å². The molecule has 1 amide bonds. The Morgan fingerprint density at radius 1 is 0.837 bits per heavy atom. The minimum atomic E-state index is -5.43. The second-order valence-electron chi connectivity index (χ2n) is 9.46. The van der Waals surface area contributed by atoms with E-state index in [-0.39, 0.29) is 22.3 Å². The van der Waals surface area contributed by atoms with Gasteiger partial charge < -0.3 is 10.1 Å². The number of nitrogens with zero attached hydrogens (tertiary/aromatic N) is 1. The lowest BCUT2D eigenvalue weighted by atomic mass is 9.78. The maximum Gasteiger partial charge on any atom is 0.430 e. The molecule has 0 saturated carbocycles. The van der Waals surface area contributed by atoms with Gasteiger partial charge in [0.05, 0.1) is 16.3 Å². The lowest BCUT2D eigenvalue weighted by Crippen LogP contribution is -2.61. The number of halogens is 9. The van der Waals surface area contributed by atoms with Crippen LogP contribution in [-0.2, 0) is 33.3 Å². The van der Waals surface area contributed by atoms with Crippen LogP contribution in [0.15, 0.2) is 91.1 Å². The number of hydrogen-bond acceptors (Lipinski definition) is 3. The molecule has 0 radical (unpaired) electrons. The Labute approximate surface area is 245 Å². The summed E-state index contributed by atoms with van der Waals surface area (Å²) in [4.78, 5) is 18.1. The molecule has 2 atom stereocenters. The van der Waals surface area contributed by atoms with E-state index >= 15 is 4.39 Å². The fourth-order valence-electron chi connectivity index (χ4n) is 4.78. The van der Waals surface area contributed by atoms with Crippen molar-refractivity contribution >= 4 is 17.5 Å². The van der Waals surface area contributed by atoms with Gasteiger partial charge in [-0.2, -0.15) is 26.3 Å². The Morgan fingerprint density at radius 3 is 2.02 bits per heavy atom. The van der Waals surface area contributed by atoms with Gasteiger partial charge in [0.25, 0.3) is 11.5 Å². The van der Waals surface area contributed by atoms with Crippen molar-refractivity contribution in [3.8, 4) is 0 Å². The molecule has 0 unspecified atom stereocenters. The zero-order valence-corrected chi connectivity index (χ0v) is 22.8. The molecule has 4 aromatic rings. The highest BCUT2D eigenvalue weighted by molar-refractivity contribution is 6.30. The molecular formula is C30H21ClF8N2O2. The van der Waals surface area contributed by atoms with E-state index in [0.717, 1.165) is 30.5 Å². The largest absolute Gasteiger partial charge is 0.430 e. The first-order valence-corrected chi connectivity index (χ1v) is 12.8.